The zero-order valence-electron chi connectivity index (χ0n) is 14.4. The van der Waals surface area contributed by atoms with Crippen LogP contribution in [0.25, 0.3) is 0 Å². The van der Waals surface area contributed by atoms with Crippen molar-refractivity contribution in [3.63, 3.8) is 0 Å². The molecule has 27 heavy (non-hydrogen) atoms. The van der Waals surface area contributed by atoms with E-state index < -0.39 is 5.82 Å². The Bertz CT molecular complexity index is 858. The molecular weight excluding hydrogens is 369 g/mol. The lowest BCUT2D eigenvalue weighted by atomic mass is 10.1. The quantitative estimate of drug-likeness (QED) is 0.797. The van der Waals surface area contributed by atoms with E-state index in [9.17, 15) is 18.8 Å². The van der Waals surface area contributed by atoms with Crippen LogP contribution in [0.2, 0.25) is 0 Å². The predicted octanol–water partition coefficient (Wildman–Crippen LogP) is 2.23. The fraction of sp³-hybridized carbons (Fsp3) is 0.211. The van der Waals surface area contributed by atoms with Crippen LogP contribution in [0.4, 0.5) is 10.1 Å². The molecule has 140 valence electrons. The van der Waals surface area contributed by atoms with E-state index in [2.05, 4.69) is 10.6 Å². The minimum absolute atomic E-state index is 0.0272. The molecule has 1 aliphatic heterocycles. The molecule has 2 aromatic carbocycles. The van der Waals surface area contributed by atoms with E-state index in [1.165, 1.54) is 40.9 Å². The average Bonchev–Trinajstić information content (AvgIpc) is 3.05. The van der Waals surface area contributed by atoms with Gasteiger partial charge in [0, 0.05) is 17.8 Å². The van der Waals surface area contributed by atoms with E-state index >= 15 is 0 Å². The summed E-state index contributed by atoms with van der Waals surface area (Å²) in [5, 5.41) is 5.51. The molecule has 2 N–H and O–H groups in total. The number of carbonyl (C=O) groups is 3. The van der Waals surface area contributed by atoms with Crippen LogP contribution in [0.3, 0.4) is 0 Å². The van der Waals surface area contributed by atoms with Gasteiger partial charge < -0.3 is 15.5 Å². The number of benzene rings is 2. The molecule has 6 nitrogen and oxygen atoms in total. The first-order valence-electron chi connectivity index (χ1n) is 8.29. The Balaban J connectivity index is 1.53. The Morgan fingerprint density at radius 1 is 1.15 bits per heavy atom. The summed E-state index contributed by atoms with van der Waals surface area (Å²) in [5.41, 5.74) is 1.73. The van der Waals surface area contributed by atoms with Gasteiger partial charge in [-0.2, -0.15) is 0 Å². The number of nitrogens with zero attached hydrogens (tertiary/aromatic N) is 1. The molecule has 1 fully saturated rings. The Hall–Kier alpha value is -2.87. The maximum atomic E-state index is 12.9. The number of halogens is 1. The summed E-state index contributed by atoms with van der Waals surface area (Å²) in [6, 6.07) is 12.3. The number of hydrogen-bond acceptors (Lipinski definition) is 4. The first-order valence-corrected chi connectivity index (χ1v) is 9.45. The largest absolute Gasteiger partial charge is 0.350 e. The molecule has 1 saturated heterocycles. The van der Waals surface area contributed by atoms with Gasteiger partial charge >= 0.3 is 0 Å². The monoisotopic (exact) mass is 387 g/mol. The standard InChI is InChI=1S/C19H18FN3O3S/c20-15-6-4-14(5-7-15)19(26)22-16-3-1-2-13(8-16)9-21-17(24)10-23-12-27-11-18(23)25/h1-8H,9-12H2,(H,21,24)(H,22,26). The summed E-state index contributed by atoms with van der Waals surface area (Å²) in [7, 11) is 0. The van der Waals surface area contributed by atoms with E-state index in [-0.39, 0.29) is 30.8 Å². The molecule has 0 atom stereocenters. The van der Waals surface area contributed by atoms with Crippen molar-refractivity contribution in [1.82, 2.24) is 10.2 Å². The molecule has 3 rings (SSSR count). The molecule has 0 aliphatic carbocycles. The first-order chi connectivity index (χ1) is 13.0. The van der Waals surface area contributed by atoms with Gasteiger partial charge in [-0.05, 0) is 42.0 Å². The smallest absolute Gasteiger partial charge is 0.255 e. The van der Waals surface area contributed by atoms with Gasteiger partial charge in [0.2, 0.25) is 11.8 Å². The van der Waals surface area contributed by atoms with E-state index in [1.807, 2.05) is 6.07 Å². The molecule has 0 saturated carbocycles. The van der Waals surface area contributed by atoms with Crippen LogP contribution in [0.15, 0.2) is 48.5 Å². The summed E-state index contributed by atoms with van der Waals surface area (Å²) < 4.78 is 12.9. The minimum Gasteiger partial charge on any atom is -0.350 e. The highest BCUT2D eigenvalue weighted by molar-refractivity contribution is 8.00. The van der Waals surface area contributed by atoms with Gasteiger partial charge in [0.05, 0.1) is 11.6 Å². The van der Waals surface area contributed by atoms with Crippen LogP contribution in [0.1, 0.15) is 15.9 Å². The number of nitrogens with one attached hydrogen (secondary N) is 2. The fourth-order valence-electron chi connectivity index (χ4n) is 2.53. The molecule has 3 amide bonds. The topological polar surface area (TPSA) is 78.5 Å². The summed E-state index contributed by atoms with van der Waals surface area (Å²) in [6.45, 7) is 0.334. The lowest BCUT2D eigenvalue weighted by Crippen LogP contribution is -2.37. The van der Waals surface area contributed by atoms with Crippen LogP contribution in [-0.2, 0) is 16.1 Å². The number of thioether (sulfide) groups is 1. The van der Waals surface area contributed by atoms with Gasteiger partial charge in [0.1, 0.15) is 12.4 Å². The van der Waals surface area contributed by atoms with Gasteiger partial charge in [-0.15, -0.1) is 11.8 Å². The van der Waals surface area contributed by atoms with Gasteiger partial charge in [-0.1, -0.05) is 12.1 Å². The van der Waals surface area contributed by atoms with Gasteiger partial charge in [0.25, 0.3) is 5.91 Å². The van der Waals surface area contributed by atoms with Crippen molar-refractivity contribution in [2.45, 2.75) is 6.54 Å². The van der Waals surface area contributed by atoms with E-state index in [0.29, 0.717) is 22.9 Å². The highest BCUT2D eigenvalue weighted by Crippen LogP contribution is 2.15. The second kappa shape index (κ2) is 8.68. The summed E-state index contributed by atoms with van der Waals surface area (Å²) in [5.74, 6) is -0.0488. The van der Waals surface area contributed by atoms with Crippen molar-refractivity contribution in [2.24, 2.45) is 0 Å². The molecule has 2 aromatic rings. The van der Waals surface area contributed by atoms with Crippen molar-refractivity contribution in [1.29, 1.82) is 0 Å². The Morgan fingerprint density at radius 3 is 2.63 bits per heavy atom. The molecule has 1 heterocycles. The number of anilines is 1. The summed E-state index contributed by atoms with van der Waals surface area (Å²) in [6.07, 6.45) is 0. The lowest BCUT2D eigenvalue weighted by molar-refractivity contribution is -0.132. The van der Waals surface area contributed by atoms with Crippen LogP contribution in [-0.4, -0.2) is 40.8 Å². The highest BCUT2D eigenvalue weighted by atomic mass is 32.2. The molecule has 0 aromatic heterocycles. The van der Waals surface area contributed by atoms with Gasteiger partial charge in [-0.3, -0.25) is 14.4 Å². The third kappa shape index (κ3) is 5.30. The van der Waals surface area contributed by atoms with Gasteiger partial charge in [-0.25, -0.2) is 4.39 Å². The SMILES string of the molecule is O=C(CN1CSCC1=O)NCc1cccc(NC(=O)c2ccc(F)cc2)c1. The summed E-state index contributed by atoms with van der Waals surface area (Å²) >= 11 is 1.49. The van der Waals surface area contributed by atoms with Crippen LogP contribution in [0.5, 0.6) is 0 Å². The predicted molar refractivity (Wildman–Crippen MR) is 102 cm³/mol. The number of carbonyl (C=O) groups excluding carboxylic acids is 3. The van der Waals surface area contributed by atoms with Crippen molar-refractivity contribution < 1.29 is 18.8 Å². The number of rotatable bonds is 6. The third-order valence-electron chi connectivity index (χ3n) is 3.94. The molecule has 0 unspecified atom stereocenters. The first kappa shape index (κ1) is 18.9. The van der Waals surface area contributed by atoms with Crippen molar-refractivity contribution in [3.05, 3.63) is 65.5 Å². The zero-order chi connectivity index (χ0) is 19.2. The molecule has 1 aliphatic rings. The summed E-state index contributed by atoms with van der Waals surface area (Å²) in [4.78, 5) is 37.2. The van der Waals surface area contributed by atoms with Crippen molar-refractivity contribution >= 4 is 35.2 Å². The van der Waals surface area contributed by atoms with Crippen molar-refractivity contribution in [2.75, 3.05) is 23.5 Å². The highest BCUT2D eigenvalue weighted by Gasteiger charge is 2.22. The Labute approximate surface area is 160 Å². The molecule has 8 heteroatoms. The maximum Gasteiger partial charge on any atom is 0.255 e. The van der Waals surface area contributed by atoms with Crippen LogP contribution in [0, 0.1) is 5.82 Å². The number of amides is 3. The average molecular weight is 387 g/mol. The van der Waals surface area contributed by atoms with Crippen LogP contribution < -0.4 is 10.6 Å². The third-order valence-corrected chi connectivity index (χ3v) is 4.89. The fourth-order valence-corrected chi connectivity index (χ4v) is 3.44. The second-order valence-electron chi connectivity index (χ2n) is 6.01. The van der Waals surface area contributed by atoms with Gasteiger partial charge in [0.15, 0.2) is 0 Å². The maximum absolute atomic E-state index is 12.9. The second-order valence-corrected chi connectivity index (χ2v) is 6.96. The molecule has 0 spiro atoms. The number of hydrogen-bond donors (Lipinski definition) is 2. The van der Waals surface area contributed by atoms with E-state index in [0.717, 1.165) is 5.56 Å². The van der Waals surface area contributed by atoms with E-state index in [1.54, 1.807) is 18.2 Å². The molecular formula is C19H18FN3O3S. The zero-order valence-corrected chi connectivity index (χ0v) is 15.2. The molecule has 0 bridgehead atoms. The van der Waals surface area contributed by atoms with Crippen molar-refractivity contribution in [3.8, 4) is 0 Å². The Morgan fingerprint density at radius 2 is 1.93 bits per heavy atom. The normalized spacial score (nSPS) is 13.5. The minimum atomic E-state index is -0.404. The Kier molecular flexibility index (Phi) is 6.08. The van der Waals surface area contributed by atoms with Crippen LogP contribution >= 0.6 is 11.8 Å². The van der Waals surface area contributed by atoms with E-state index in [4.69, 9.17) is 0 Å². The lowest BCUT2D eigenvalue weighted by Gasteiger charge is -2.14. The molecule has 0 radical (unpaired) electrons.